The van der Waals surface area contributed by atoms with Gasteiger partial charge in [0.25, 0.3) is 0 Å². The molecule has 1 atom stereocenters. The number of hydrogen-bond acceptors (Lipinski definition) is 4. The molecular weight excluding hydrogens is 344 g/mol. The second-order valence-corrected chi connectivity index (χ2v) is 8.44. The molecule has 1 aromatic heterocycles. The van der Waals surface area contributed by atoms with Crippen LogP contribution in [-0.4, -0.2) is 62.7 Å². The van der Waals surface area contributed by atoms with Crippen molar-refractivity contribution in [2.24, 2.45) is 5.92 Å². The van der Waals surface area contributed by atoms with Gasteiger partial charge in [-0.3, -0.25) is 9.48 Å². The zero-order valence-electron chi connectivity index (χ0n) is 16.2. The summed E-state index contributed by atoms with van der Waals surface area (Å²) in [6, 6.07) is 0.499. The van der Waals surface area contributed by atoms with Gasteiger partial charge in [-0.05, 0) is 51.6 Å². The number of amides is 1. The van der Waals surface area contributed by atoms with Gasteiger partial charge in [0.15, 0.2) is 5.69 Å². The number of aromatic nitrogens is 2. The zero-order chi connectivity index (χ0) is 19.0. The lowest BCUT2D eigenvalue weighted by molar-refractivity contribution is -0.132. The third-order valence-corrected chi connectivity index (χ3v) is 6.43. The summed E-state index contributed by atoms with van der Waals surface area (Å²) in [7, 11) is 2.15. The van der Waals surface area contributed by atoms with Crippen LogP contribution < -0.4 is 0 Å². The molecule has 2 fully saturated rings. The number of carbonyl (C=O) groups is 2. The number of hydrogen-bond donors (Lipinski definition) is 1. The first-order valence-electron chi connectivity index (χ1n) is 10.3. The van der Waals surface area contributed by atoms with E-state index < -0.39 is 5.97 Å². The standard InChI is InChI=1S/C20H30N4O3/c1-22-10-3-2-4-15(22)7-8-18(25)23-11-9-17-16(13-23)19(20(26)27)21-24(17)12-14-5-6-14/h14-15H,2-13H2,1H3,(H,26,27). The topological polar surface area (TPSA) is 78.7 Å². The highest BCUT2D eigenvalue weighted by Crippen LogP contribution is 2.33. The van der Waals surface area contributed by atoms with Crippen LogP contribution in [0, 0.1) is 5.92 Å². The molecule has 1 amide bonds. The maximum absolute atomic E-state index is 12.8. The van der Waals surface area contributed by atoms with E-state index in [1.54, 1.807) is 0 Å². The van der Waals surface area contributed by atoms with E-state index in [9.17, 15) is 14.7 Å². The van der Waals surface area contributed by atoms with Crippen molar-refractivity contribution in [1.29, 1.82) is 0 Å². The quantitative estimate of drug-likeness (QED) is 0.825. The van der Waals surface area contributed by atoms with Gasteiger partial charge in [-0.15, -0.1) is 0 Å². The van der Waals surface area contributed by atoms with Crippen LogP contribution in [0.4, 0.5) is 0 Å². The monoisotopic (exact) mass is 374 g/mol. The van der Waals surface area contributed by atoms with Gasteiger partial charge in [0.1, 0.15) is 0 Å². The Balaban J connectivity index is 1.41. The molecule has 4 rings (SSSR count). The van der Waals surface area contributed by atoms with Crippen LogP contribution in [-0.2, 0) is 24.3 Å². The molecule has 0 bridgehead atoms. The van der Waals surface area contributed by atoms with Crippen LogP contribution in [0.5, 0.6) is 0 Å². The molecule has 0 spiro atoms. The Morgan fingerprint density at radius 3 is 2.70 bits per heavy atom. The zero-order valence-corrected chi connectivity index (χ0v) is 16.2. The second kappa shape index (κ2) is 7.62. The molecule has 1 N–H and O–H groups in total. The average molecular weight is 374 g/mol. The first-order chi connectivity index (χ1) is 13.0. The summed E-state index contributed by atoms with van der Waals surface area (Å²) in [4.78, 5) is 28.6. The predicted octanol–water partition coefficient (Wildman–Crippen LogP) is 2.14. The minimum atomic E-state index is -0.987. The van der Waals surface area contributed by atoms with Crippen LogP contribution in [0.15, 0.2) is 0 Å². The van der Waals surface area contributed by atoms with E-state index in [1.807, 2.05) is 9.58 Å². The van der Waals surface area contributed by atoms with Crippen molar-refractivity contribution >= 4 is 11.9 Å². The summed E-state index contributed by atoms with van der Waals surface area (Å²) in [6.07, 6.45) is 8.22. The van der Waals surface area contributed by atoms with Crippen LogP contribution in [0.25, 0.3) is 0 Å². The lowest BCUT2D eigenvalue weighted by Crippen LogP contribution is -2.39. The molecule has 1 aliphatic carbocycles. The number of carboxylic acids is 1. The van der Waals surface area contributed by atoms with E-state index in [2.05, 4.69) is 17.0 Å². The van der Waals surface area contributed by atoms with E-state index >= 15 is 0 Å². The first-order valence-corrected chi connectivity index (χ1v) is 10.3. The van der Waals surface area contributed by atoms with E-state index in [0.29, 0.717) is 37.9 Å². The number of likely N-dealkylation sites (tertiary alicyclic amines) is 1. The van der Waals surface area contributed by atoms with Crippen LogP contribution >= 0.6 is 0 Å². The normalized spacial score (nSPS) is 23.3. The Morgan fingerprint density at radius 1 is 1.19 bits per heavy atom. The van der Waals surface area contributed by atoms with Gasteiger partial charge in [0.05, 0.1) is 0 Å². The maximum atomic E-state index is 12.8. The summed E-state index contributed by atoms with van der Waals surface area (Å²) in [6.45, 7) is 2.99. The van der Waals surface area contributed by atoms with Crippen LogP contribution in [0.3, 0.4) is 0 Å². The van der Waals surface area contributed by atoms with Crippen LogP contribution in [0.2, 0.25) is 0 Å². The van der Waals surface area contributed by atoms with Crippen molar-refractivity contribution in [3.63, 3.8) is 0 Å². The average Bonchev–Trinajstić information content (AvgIpc) is 3.40. The minimum Gasteiger partial charge on any atom is -0.476 e. The molecule has 0 radical (unpaired) electrons. The van der Waals surface area contributed by atoms with Gasteiger partial charge in [0, 0.05) is 49.8 Å². The van der Waals surface area contributed by atoms with Gasteiger partial charge in [-0.25, -0.2) is 4.79 Å². The van der Waals surface area contributed by atoms with E-state index in [0.717, 1.165) is 30.8 Å². The smallest absolute Gasteiger partial charge is 0.356 e. The van der Waals surface area contributed by atoms with Gasteiger partial charge in [-0.2, -0.15) is 5.10 Å². The van der Waals surface area contributed by atoms with Crippen molar-refractivity contribution in [1.82, 2.24) is 19.6 Å². The van der Waals surface area contributed by atoms with Crippen molar-refractivity contribution in [3.05, 3.63) is 17.0 Å². The molecule has 1 saturated carbocycles. The SMILES string of the molecule is CN1CCCCC1CCC(=O)N1CCc2c(c(C(=O)O)nn2CC2CC2)C1. The number of nitrogens with zero attached hydrogens (tertiary/aromatic N) is 4. The Hall–Kier alpha value is -1.89. The van der Waals surface area contributed by atoms with Crippen molar-refractivity contribution in [2.45, 2.75) is 70.5 Å². The second-order valence-electron chi connectivity index (χ2n) is 8.44. The highest BCUT2D eigenvalue weighted by Gasteiger charge is 2.32. The van der Waals surface area contributed by atoms with Crippen molar-refractivity contribution < 1.29 is 14.7 Å². The number of carboxylic acid groups (broad SMARTS) is 1. The predicted molar refractivity (Wildman–Crippen MR) is 101 cm³/mol. The molecular formula is C20H30N4O3. The summed E-state index contributed by atoms with van der Waals surface area (Å²) in [5.41, 5.74) is 1.91. The lowest BCUT2D eigenvalue weighted by atomic mass is 9.98. The molecule has 1 aromatic rings. The number of piperidine rings is 1. The highest BCUT2D eigenvalue weighted by atomic mass is 16.4. The molecule has 0 aromatic carbocycles. The van der Waals surface area contributed by atoms with Gasteiger partial charge in [-0.1, -0.05) is 6.42 Å². The molecule has 148 valence electrons. The summed E-state index contributed by atoms with van der Waals surface area (Å²) < 4.78 is 1.90. The molecule has 3 heterocycles. The van der Waals surface area contributed by atoms with Crippen molar-refractivity contribution in [3.8, 4) is 0 Å². The minimum absolute atomic E-state index is 0.134. The molecule has 27 heavy (non-hydrogen) atoms. The Kier molecular flexibility index (Phi) is 5.21. The number of carbonyl (C=O) groups excluding carboxylic acids is 1. The fraction of sp³-hybridized carbons (Fsp3) is 0.750. The summed E-state index contributed by atoms with van der Waals surface area (Å²) in [5.74, 6) is -0.201. The lowest BCUT2D eigenvalue weighted by Gasteiger charge is -2.33. The van der Waals surface area contributed by atoms with Crippen LogP contribution in [0.1, 0.15) is 66.7 Å². The Bertz CT molecular complexity index is 725. The molecule has 7 heteroatoms. The van der Waals surface area contributed by atoms with E-state index in [4.69, 9.17) is 0 Å². The fourth-order valence-corrected chi connectivity index (χ4v) is 4.53. The summed E-state index contributed by atoms with van der Waals surface area (Å²) >= 11 is 0. The van der Waals surface area contributed by atoms with Gasteiger partial charge in [0.2, 0.25) is 5.91 Å². The molecule has 7 nitrogen and oxygen atoms in total. The fourth-order valence-electron chi connectivity index (χ4n) is 4.53. The third-order valence-electron chi connectivity index (χ3n) is 6.43. The van der Waals surface area contributed by atoms with Crippen molar-refractivity contribution in [2.75, 3.05) is 20.1 Å². The Labute approximate surface area is 160 Å². The number of fused-ring (bicyclic) bond motifs is 1. The van der Waals surface area contributed by atoms with Gasteiger partial charge < -0.3 is 14.9 Å². The highest BCUT2D eigenvalue weighted by molar-refractivity contribution is 5.88. The number of aromatic carboxylic acids is 1. The molecule has 3 aliphatic rings. The largest absolute Gasteiger partial charge is 0.476 e. The van der Waals surface area contributed by atoms with E-state index in [-0.39, 0.29) is 11.6 Å². The molecule has 1 saturated heterocycles. The maximum Gasteiger partial charge on any atom is 0.356 e. The molecule has 1 unspecified atom stereocenters. The van der Waals surface area contributed by atoms with E-state index in [1.165, 1.54) is 32.1 Å². The first kappa shape index (κ1) is 18.5. The molecule has 2 aliphatic heterocycles. The van der Waals surface area contributed by atoms with Gasteiger partial charge >= 0.3 is 5.97 Å². The summed E-state index contributed by atoms with van der Waals surface area (Å²) in [5, 5.41) is 13.9. The Morgan fingerprint density at radius 2 is 2.00 bits per heavy atom. The third kappa shape index (κ3) is 4.03. The number of rotatable bonds is 6.